The third-order valence-corrected chi connectivity index (χ3v) is 8.85. The van der Waals surface area contributed by atoms with E-state index in [9.17, 15) is 19.2 Å². The summed E-state index contributed by atoms with van der Waals surface area (Å²) in [6, 6.07) is 21.8. The number of fused-ring (bicyclic) bond motifs is 1. The normalized spacial score (nSPS) is 11.0. The SMILES string of the molecule is CCc1cc2c(=O)n(CC(=O)c3ccc(OC)cc3)c(=O)n(Cc3ccc(-c4ccccc4-c4noc(=O)[nH]4)c(C)c3)c2s1.[K]. The summed E-state index contributed by atoms with van der Waals surface area (Å²) in [7, 11) is 1.54. The zero-order valence-corrected chi connectivity index (χ0v) is 29.2. The van der Waals surface area contributed by atoms with E-state index in [1.807, 2.05) is 62.4 Å². The number of ether oxygens (including phenoxy) is 1. The maximum Gasteiger partial charge on any atom is 0.439 e. The Morgan fingerprint density at radius 2 is 1.69 bits per heavy atom. The number of H-pyrrole nitrogens is 1. The molecule has 0 atom stereocenters. The third-order valence-electron chi connectivity index (χ3n) is 7.55. The van der Waals surface area contributed by atoms with Gasteiger partial charge in [-0.3, -0.25) is 28.2 Å². The number of ketones is 1. The fourth-order valence-corrected chi connectivity index (χ4v) is 6.37. The molecule has 0 unspecified atom stereocenters. The molecule has 0 aliphatic rings. The molecule has 0 aliphatic carbocycles. The second-order valence-corrected chi connectivity index (χ2v) is 11.5. The van der Waals surface area contributed by atoms with E-state index in [1.165, 1.54) is 18.4 Å². The summed E-state index contributed by atoms with van der Waals surface area (Å²) < 4.78 is 12.5. The van der Waals surface area contributed by atoms with Gasteiger partial charge in [0.25, 0.3) is 5.56 Å². The Morgan fingerprint density at radius 1 is 0.956 bits per heavy atom. The summed E-state index contributed by atoms with van der Waals surface area (Å²) >= 11 is 1.41. The number of nitrogens with zero attached hydrogens (tertiary/aromatic N) is 3. The first kappa shape index (κ1) is 32.7. The van der Waals surface area contributed by atoms with Crippen LogP contribution < -0.4 is 21.7 Å². The van der Waals surface area contributed by atoms with Crippen LogP contribution in [0.5, 0.6) is 5.75 Å². The molecule has 6 aromatic rings. The van der Waals surface area contributed by atoms with Gasteiger partial charge in [0, 0.05) is 67.4 Å². The molecule has 10 nitrogen and oxygen atoms in total. The maximum absolute atomic E-state index is 13.9. The minimum Gasteiger partial charge on any atom is -0.497 e. The second kappa shape index (κ2) is 13.8. The van der Waals surface area contributed by atoms with Gasteiger partial charge < -0.3 is 4.74 Å². The topological polar surface area (TPSA) is 129 Å². The smallest absolute Gasteiger partial charge is 0.439 e. The first-order valence-electron chi connectivity index (χ1n) is 14.0. The number of aromatic nitrogens is 4. The number of thiophene rings is 1. The van der Waals surface area contributed by atoms with E-state index in [-0.39, 0.29) is 70.3 Å². The van der Waals surface area contributed by atoms with Crippen molar-refractivity contribution in [1.29, 1.82) is 0 Å². The Bertz CT molecular complexity index is 2210. The zero-order chi connectivity index (χ0) is 31.0. The van der Waals surface area contributed by atoms with Crippen LogP contribution in [0, 0.1) is 6.92 Å². The number of hydrogen-bond acceptors (Lipinski definition) is 8. The van der Waals surface area contributed by atoms with Gasteiger partial charge in [-0.25, -0.2) is 9.59 Å². The molecule has 223 valence electrons. The largest absolute Gasteiger partial charge is 0.497 e. The van der Waals surface area contributed by atoms with Gasteiger partial charge in [-0.1, -0.05) is 54.5 Å². The molecule has 0 aliphatic heterocycles. The Hall–Kier alpha value is -3.65. The van der Waals surface area contributed by atoms with Crippen molar-refractivity contribution in [2.24, 2.45) is 0 Å². The van der Waals surface area contributed by atoms with Gasteiger partial charge >= 0.3 is 11.4 Å². The molecule has 0 spiro atoms. The van der Waals surface area contributed by atoms with Crippen molar-refractivity contribution in [3.05, 3.63) is 126 Å². The van der Waals surface area contributed by atoms with Crippen molar-refractivity contribution in [1.82, 2.24) is 19.3 Å². The number of carbonyl (C=O) groups is 1. The standard InChI is InChI=1S/C33H28N4O6S.K/c1-4-23-16-27-30(39)36(18-28(38)21-10-12-22(42-3)13-11-21)33(41)37(31(27)44-23)17-20-9-14-24(19(2)15-20)25-7-5-6-8-26(25)29-34-32(40)43-35-29;/h5-16H,4,17-18H2,1-3H3,(H,34,35,40);. The molecule has 1 N–H and O–H groups in total. The van der Waals surface area contributed by atoms with Crippen LogP contribution in [0.1, 0.15) is 33.3 Å². The van der Waals surface area contributed by atoms with Gasteiger partial charge in [0.05, 0.1) is 25.6 Å². The molecule has 0 saturated heterocycles. The number of benzene rings is 3. The Labute approximate surface area is 303 Å². The number of Topliss-reactive ketones (excluding diaryl/α,β-unsaturated/α-hetero) is 1. The van der Waals surface area contributed by atoms with Gasteiger partial charge in [-0.15, -0.1) is 11.3 Å². The third kappa shape index (κ3) is 6.53. The molecule has 3 heterocycles. The molecular formula is C33H28KN4O6S. The van der Waals surface area contributed by atoms with Crippen LogP contribution in [0.4, 0.5) is 0 Å². The molecule has 1 radical (unpaired) electrons. The molecule has 12 heteroatoms. The predicted molar refractivity (Wildman–Crippen MR) is 175 cm³/mol. The van der Waals surface area contributed by atoms with E-state index >= 15 is 0 Å². The van der Waals surface area contributed by atoms with Crippen molar-refractivity contribution in [3.8, 4) is 28.3 Å². The Kier molecular flexibility index (Phi) is 10.0. The molecule has 45 heavy (non-hydrogen) atoms. The van der Waals surface area contributed by atoms with E-state index in [2.05, 4.69) is 10.1 Å². The number of nitrogens with one attached hydrogen (secondary N) is 1. The number of hydrogen-bond donors (Lipinski definition) is 1. The molecule has 3 aromatic carbocycles. The molecule has 6 rings (SSSR count). The van der Waals surface area contributed by atoms with E-state index in [0.29, 0.717) is 39.3 Å². The summed E-state index contributed by atoms with van der Waals surface area (Å²) in [6.45, 7) is 3.79. The number of aromatic amines is 1. The van der Waals surface area contributed by atoms with Crippen LogP contribution in [0.3, 0.4) is 0 Å². The van der Waals surface area contributed by atoms with Gasteiger partial charge in [0.15, 0.2) is 11.6 Å². The molecule has 3 aromatic heterocycles. The molecule has 0 amide bonds. The van der Waals surface area contributed by atoms with E-state index in [4.69, 9.17) is 9.26 Å². The van der Waals surface area contributed by atoms with Gasteiger partial charge in [-0.2, -0.15) is 0 Å². The predicted octanol–water partition coefficient (Wildman–Crippen LogP) is 4.66. The fourth-order valence-electron chi connectivity index (χ4n) is 5.29. The summed E-state index contributed by atoms with van der Waals surface area (Å²) in [5.74, 6) is -0.0499. The zero-order valence-electron chi connectivity index (χ0n) is 25.2. The number of rotatable bonds is 9. The van der Waals surface area contributed by atoms with Crippen molar-refractivity contribution < 1.29 is 14.1 Å². The summed E-state index contributed by atoms with van der Waals surface area (Å²) in [5.41, 5.74) is 3.63. The summed E-state index contributed by atoms with van der Waals surface area (Å²) in [4.78, 5) is 56.3. The summed E-state index contributed by atoms with van der Waals surface area (Å²) in [5, 5.41) is 4.26. The van der Waals surface area contributed by atoms with Crippen molar-refractivity contribution in [3.63, 3.8) is 0 Å². The molecule has 0 saturated carbocycles. The van der Waals surface area contributed by atoms with Crippen molar-refractivity contribution in [2.45, 2.75) is 33.4 Å². The first-order chi connectivity index (χ1) is 21.3. The van der Waals surface area contributed by atoms with Crippen LogP contribution in [0.2, 0.25) is 0 Å². The average Bonchev–Trinajstić information content (AvgIpc) is 3.68. The van der Waals surface area contributed by atoms with Crippen molar-refractivity contribution in [2.75, 3.05) is 7.11 Å². The monoisotopic (exact) mass is 647 g/mol. The van der Waals surface area contributed by atoms with Crippen LogP contribution in [0.25, 0.3) is 32.7 Å². The fraction of sp³-hybridized carbons (Fsp3) is 0.182. The second-order valence-electron chi connectivity index (χ2n) is 10.3. The van der Waals surface area contributed by atoms with E-state index < -0.39 is 17.0 Å². The number of methoxy groups -OCH3 is 1. The van der Waals surface area contributed by atoms with E-state index in [1.54, 1.807) is 28.8 Å². The van der Waals surface area contributed by atoms with Gasteiger partial charge in [0.1, 0.15) is 10.6 Å². The Morgan fingerprint density at radius 3 is 2.33 bits per heavy atom. The van der Waals surface area contributed by atoms with Crippen LogP contribution >= 0.6 is 11.3 Å². The number of carbonyl (C=O) groups excluding carboxylic acids is 1. The molecule has 0 bridgehead atoms. The average molecular weight is 648 g/mol. The molecule has 0 fully saturated rings. The van der Waals surface area contributed by atoms with Gasteiger partial charge in [0.2, 0.25) is 0 Å². The minimum atomic E-state index is -0.634. The minimum absolute atomic E-state index is 0. The van der Waals surface area contributed by atoms with Crippen LogP contribution in [-0.2, 0) is 19.5 Å². The Balaban J connectivity index is 0.00000400. The maximum atomic E-state index is 13.9. The van der Waals surface area contributed by atoms with Gasteiger partial charge in [-0.05, 0) is 65.9 Å². The van der Waals surface area contributed by atoms with Crippen molar-refractivity contribution >= 4 is 78.7 Å². The number of aryl methyl sites for hydroxylation is 2. The quantitative estimate of drug-likeness (QED) is 0.179. The van der Waals surface area contributed by atoms with Crippen LogP contribution in [0.15, 0.2) is 91.7 Å². The molecular weight excluding hydrogens is 620 g/mol. The van der Waals surface area contributed by atoms with E-state index in [0.717, 1.165) is 31.7 Å². The first-order valence-corrected chi connectivity index (χ1v) is 14.8. The summed E-state index contributed by atoms with van der Waals surface area (Å²) in [6.07, 6.45) is 0.710. The van der Waals surface area contributed by atoms with Crippen LogP contribution in [-0.4, -0.2) is 83.6 Å².